The first-order valence-corrected chi connectivity index (χ1v) is 6.84. The number of aryl methyl sites for hydroxylation is 1. The molecule has 2 unspecified atom stereocenters. The zero-order valence-corrected chi connectivity index (χ0v) is 10.6. The summed E-state index contributed by atoms with van der Waals surface area (Å²) in [4.78, 5) is 11.7. The molecule has 2 atom stereocenters. The number of rotatable bonds is 5. The molecule has 1 rings (SSSR count). The molecule has 2 N–H and O–H groups in total. The number of aromatic nitrogens is 2. The molecule has 1 heterocycles. The third-order valence-corrected chi connectivity index (χ3v) is 3.10. The van der Waals surface area contributed by atoms with Crippen LogP contribution in [0.25, 0.3) is 0 Å². The summed E-state index contributed by atoms with van der Waals surface area (Å²) >= 11 is 0. The molecule has 0 radical (unpaired) electrons. The lowest BCUT2D eigenvalue weighted by Gasteiger charge is -2.12. The summed E-state index contributed by atoms with van der Waals surface area (Å²) in [6, 6.07) is 0.0192. The highest BCUT2D eigenvalue weighted by Gasteiger charge is 2.13. The van der Waals surface area contributed by atoms with Gasteiger partial charge in [0.25, 0.3) is 5.91 Å². The van der Waals surface area contributed by atoms with Crippen LogP contribution in [0.15, 0.2) is 6.20 Å². The molecule has 0 aliphatic rings. The second-order valence-electron chi connectivity index (χ2n) is 3.85. The van der Waals surface area contributed by atoms with Crippen LogP contribution in [0.1, 0.15) is 29.4 Å². The number of hydrogen-bond acceptors (Lipinski definition) is 3. The molecule has 0 saturated heterocycles. The molecule has 0 aliphatic heterocycles. The predicted octanol–water partition coefficient (Wildman–Crippen LogP) is 0.605. The molecular formula is C10H17N3O2S. The zero-order chi connectivity index (χ0) is 12.1. The van der Waals surface area contributed by atoms with Crippen LogP contribution in [0.3, 0.4) is 0 Å². The van der Waals surface area contributed by atoms with Crippen LogP contribution in [0.5, 0.6) is 0 Å². The highest BCUT2D eigenvalue weighted by atomic mass is 32.2. The molecule has 6 heteroatoms. The van der Waals surface area contributed by atoms with Crippen LogP contribution >= 0.6 is 0 Å². The largest absolute Gasteiger partial charge is 0.349 e. The molecule has 0 aliphatic carbocycles. The Kier molecular flexibility index (Phi) is 4.67. The normalized spacial score (nSPS) is 14.4. The Labute approximate surface area is 97.5 Å². The summed E-state index contributed by atoms with van der Waals surface area (Å²) in [7, 11) is -0.812. The number of carbonyl (C=O) groups is 1. The van der Waals surface area contributed by atoms with Crippen LogP contribution in [-0.2, 0) is 10.8 Å². The van der Waals surface area contributed by atoms with Crippen LogP contribution in [0, 0.1) is 6.92 Å². The topological polar surface area (TPSA) is 74.8 Å². The first-order valence-electron chi connectivity index (χ1n) is 5.11. The van der Waals surface area contributed by atoms with Crippen molar-refractivity contribution in [1.29, 1.82) is 0 Å². The minimum absolute atomic E-state index is 0.0192. The van der Waals surface area contributed by atoms with Gasteiger partial charge in [-0.05, 0) is 20.3 Å². The number of amides is 1. The second-order valence-corrected chi connectivity index (χ2v) is 5.40. The molecule has 90 valence electrons. The van der Waals surface area contributed by atoms with Gasteiger partial charge in [0.05, 0.1) is 11.8 Å². The lowest BCUT2D eigenvalue weighted by Crippen LogP contribution is -2.33. The number of hydrogen-bond donors (Lipinski definition) is 2. The van der Waals surface area contributed by atoms with Gasteiger partial charge in [0.15, 0.2) is 0 Å². The summed E-state index contributed by atoms with van der Waals surface area (Å²) in [6.45, 7) is 3.70. The van der Waals surface area contributed by atoms with Crippen molar-refractivity contribution in [2.24, 2.45) is 0 Å². The van der Waals surface area contributed by atoms with Gasteiger partial charge in [0.1, 0.15) is 0 Å². The summed E-state index contributed by atoms with van der Waals surface area (Å²) in [5.74, 6) is 0.465. The smallest absolute Gasteiger partial charge is 0.254 e. The van der Waals surface area contributed by atoms with Crippen molar-refractivity contribution >= 4 is 16.7 Å². The van der Waals surface area contributed by atoms with Gasteiger partial charge < -0.3 is 5.32 Å². The van der Waals surface area contributed by atoms with Crippen molar-refractivity contribution in [3.8, 4) is 0 Å². The van der Waals surface area contributed by atoms with E-state index in [-0.39, 0.29) is 11.9 Å². The maximum Gasteiger partial charge on any atom is 0.254 e. The van der Waals surface area contributed by atoms with Gasteiger partial charge in [-0.2, -0.15) is 5.10 Å². The first kappa shape index (κ1) is 12.9. The molecule has 5 nitrogen and oxygen atoms in total. The van der Waals surface area contributed by atoms with Crippen molar-refractivity contribution < 1.29 is 9.00 Å². The van der Waals surface area contributed by atoms with E-state index in [4.69, 9.17) is 0 Å². The number of aromatic amines is 1. The molecule has 0 bridgehead atoms. The Morgan fingerprint density at radius 3 is 2.88 bits per heavy atom. The lowest BCUT2D eigenvalue weighted by atomic mass is 10.2. The van der Waals surface area contributed by atoms with Crippen LogP contribution in [-0.4, -0.2) is 38.4 Å². The molecule has 1 amide bonds. The van der Waals surface area contributed by atoms with Gasteiger partial charge in [0.2, 0.25) is 0 Å². The SMILES string of the molecule is Cc1[nH]ncc1C(=O)NC(C)CCS(C)=O. The Balaban J connectivity index is 2.46. The number of carbonyl (C=O) groups excluding carboxylic acids is 1. The molecule has 0 fully saturated rings. The van der Waals surface area contributed by atoms with E-state index < -0.39 is 10.8 Å². The summed E-state index contributed by atoms with van der Waals surface area (Å²) < 4.78 is 10.9. The van der Waals surface area contributed by atoms with Crippen molar-refractivity contribution in [2.45, 2.75) is 26.3 Å². The molecular weight excluding hydrogens is 226 g/mol. The maximum absolute atomic E-state index is 11.7. The van der Waals surface area contributed by atoms with Gasteiger partial charge in [-0.15, -0.1) is 0 Å². The van der Waals surface area contributed by atoms with E-state index in [9.17, 15) is 9.00 Å². The third-order valence-electron chi connectivity index (χ3n) is 2.29. The van der Waals surface area contributed by atoms with Crippen molar-refractivity contribution in [3.05, 3.63) is 17.5 Å². The van der Waals surface area contributed by atoms with E-state index in [2.05, 4.69) is 15.5 Å². The number of nitrogens with one attached hydrogen (secondary N) is 2. The summed E-state index contributed by atoms with van der Waals surface area (Å²) in [5.41, 5.74) is 1.31. The highest BCUT2D eigenvalue weighted by molar-refractivity contribution is 7.84. The predicted molar refractivity (Wildman–Crippen MR) is 63.8 cm³/mol. The molecule has 16 heavy (non-hydrogen) atoms. The van der Waals surface area contributed by atoms with Gasteiger partial charge in [-0.3, -0.25) is 14.1 Å². The fraction of sp³-hybridized carbons (Fsp3) is 0.600. The van der Waals surface area contributed by atoms with E-state index in [1.54, 1.807) is 13.2 Å². The minimum Gasteiger partial charge on any atom is -0.349 e. The van der Waals surface area contributed by atoms with Crippen LogP contribution in [0.2, 0.25) is 0 Å². The van der Waals surface area contributed by atoms with E-state index >= 15 is 0 Å². The fourth-order valence-electron chi connectivity index (χ4n) is 1.30. The second kappa shape index (κ2) is 5.79. The average Bonchev–Trinajstić information content (AvgIpc) is 2.61. The van der Waals surface area contributed by atoms with E-state index in [0.717, 1.165) is 5.69 Å². The van der Waals surface area contributed by atoms with E-state index in [0.29, 0.717) is 17.7 Å². The average molecular weight is 243 g/mol. The quantitative estimate of drug-likeness (QED) is 0.795. The van der Waals surface area contributed by atoms with Crippen molar-refractivity contribution in [2.75, 3.05) is 12.0 Å². The van der Waals surface area contributed by atoms with Gasteiger partial charge in [0, 0.05) is 34.5 Å². The Morgan fingerprint density at radius 1 is 1.69 bits per heavy atom. The maximum atomic E-state index is 11.7. The first-order chi connectivity index (χ1) is 7.50. The van der Waals surface area contributed by atoms with Gasteiger partial charge in [-0.25, -0.2) is 0 Å². The number of nitrogens with zero attached hydrogens (tertiary/aromatic N) is 1. The van der Waals surface area contributed by atoms with E-state index in [1.165, 1.54) is 6.20 Å². The molecule has 0 spiro atoms. The fourth-order valence-corrected chi connectivity index (χ4v) is 1.98. The van der Waals surface area contributed by atoms with E-state index in [1.807, 2.05) is 6.92 Å². The lowest BCUT2D eigenvalue weighted by molar-refractivity contribution is 0.0939. The number of H-pyrrole nitrogens is 1. The molecule has 1 aromatic heterocycles. The van der Waals surface area contributed by atoms with Crippen LogP contribution in [0.4, 0.5) is 0 Å². The van der Waals surface area contributed by atoms with Crippen molar-refractivity contribution in [3.63, 3.8) is 0 Å². The van der Waals surface area contributed by atoms with Crippen molar-refractivity contribution in [1.82, 2.24) is 15.5 Å². The Hall–Kier alpha value is -1.17. The highest BCUT2D eigenvalue weighted by Crippen LogP contribution is 2.03. The monoisotopic (exact) mass is 243 g/mol. The molecule has 0 aromatic carbocycles. The third kappa shape index (κ3) is 3.77. The molecule has 1 aromatic rings. The zero-order valence-electron chi connectivity index (χ0n) is 9.74. The minimum atomic E-state index is -0.812. The standard InChI is InChI=1S/C10H17N3O2S/c1-7(4-5-16(3)15)12-10(14)9-6-11-13-8(9)2/h6-7H,4-5H2,1-3H3,(H,11,13)(H,12,14). The Bertz CT molecular complexity index is 389. The van der Waals surface area contributed by atoms with Gasteiger partial charge >= 0.3 is 0 Å². The summed E-state index contributed by atoms with van der Waals surface area (Å²) in [6.07, 6.45) is 3.88. The molecule has 0 saturated carbocycles. The van der Waals surface area contributed by atoms with Gasteiger partial charge in [-0.1, -0.05) is 0 Å². The summed E-state index contributed by atoms with van der Waals surface area (Å²) in [5, 5.41) is 9.35. The van der Waals surface area contributed by atoms with Crippen LogP contribution < -0.4 is 5.32 Å². The Morgan fingerprint density at radius 2 is 2.38 bits per heavy atom.